The molecule has 2 aromatic rings. The molecule has 0 spiro atoms. The molecule has 0 aromatic heterocycles. The van der Waals surface area contributed by atoms with E-state index in [2.05, 4.69) is 15.8 Å². The first-order valence-corrected chi connectivity index (χ1v) is 7.56. The van der Waals surface area contributed by atoms with Crippen LogP contribution >= 0.6 is 0 Å². The number of hydrogen-bond donors (Lipinski definition) is 2. The Balaban J connectivity index is 1.73. The summed E-state index contributed by atoms with van der Waals surface area (Å²) in [6, 6.07) is 14.7. The van der Waals surface area contributed by atoms with Gasteiger partial charge in [0.1, 0.15) is 5.75 Å². The van der Waals surface area contributed by atoms with E-state index in [1.807, 2.05) is 6.07 Å². The molecule has 0 radical (unpaired) electrons. The second kappa shape index (κ2) is 9.52. The lowest BCUT2D eigenvalue weighted by atomic mass is 10.2. The monoisotopic (exact) mass is 356 g/mol. The fourth-order valence-electron chi connectivity index (χ4n) is 1.87. The normalized spacial score (nSPS) is 10.3. The molecule has 0 atom stereocenters. The number of hydrazone groups is 1. The standard InChI is InChI=1S/C17H16N4O5/c22-16(11-18-17(23)12-26-14-7-2-1-3-8-14)20-19-10-13-6-4-5-9-15(13)21(24)25/h1-10H,11-12H2,(H,18,23)(H,20,22)/b19-10+. The van der Waals surface area contributed by atoms with Gasteiger partial charge in [-0.3, -0.25) is 19.7 Å². The Kier molecular flexibility index (Phi) is 6.81. The molecule has 9 nitrogen and oxygen atoms in total. The van der Waals surface area contributed by atoms with E-state index in [1.54, 1.807) is 30.3 Å². The number of nitro groups is 1. The Morgan fingerprint density at radius 1 is 1.08 bits per heavy atom. The average Bonchev–Trinajstić information content (AvgIpc) is 2.66. The SMILES string of the molecule is O=C(COc1ccccc1)NCC(=O)N/N=C/c1ccccc1[N+](=O)[O-]. The molecule has 0 aliphatic rings. The van der Waals surface area contributed by atoms with Crippen molar-refractivity contribution in [1.82, 2.24) is 10.7 Å². The molecule has 0 heterocycles. The van der Waals surface area contributed by atoms with E-state index in [0.717, 1.165) is 6.21 Å². The van der Waals surface area contributed by atoms with Crippen LogP contribution in [-0.2, 0) is 9.59 Å². The number of carbonyl (C=O) groups is 2. The molecular weight excluding hydrogens is 340 g/mol. The second-order valence-electron chi connectivity index (χ2n) is 4.99. The van der Waals surface area contributed by atoms with Gasteiger partial charge in [0.2, 0.25) is 0 Å². The largest absolute Gasteiger partial charge is 0.484 e. The van der Waals surface area contributed by atoms with Crippen molar-refractivity contribution in [1.29, 1.82) is 0 Å². The van der Waals surface area contributed by atoms with Crippen LogP contribution in [0.5, 0.6) is 5.75 Å². The Labute approximate surface area is 148 Å². The van der Waals surface area contributed by atoms with Crippen LogP contribution in [0.4, 0.5) is 5.69 Å². The number of benzene rings is 2. The zero-order valence-corrected chi connectivity index (χ0v) is 13.6. The molecule has 0 fully saturated rings. The van der Waals surface area contributed by atoms with Crippen LogP contribution in [-0.4, -0.2) is 36.1 Å². The average molecular weight is 356 g/mol. The minimum Gasteiger partial charge on any atom is -0.484 e. The summed E-state index contributed by atoms with van der Waals surface area (Å²) in [7, 11) is 0. The Hall–Kier alpha value is -3.75. The summed E-state index contributed by atoms with van der Waals surface area (Å²) in [5.41, 5.74) is 2.30. The van der Waals surface area contributed by atoms with Crippen molar-refractivity contribution in [3.8, 4) is 5.75 Å². The van der Waals surface area contributed by atoms with Gasteiger partial charge in [-0.25, -0.2) is 5.43 Å². The van der Waals surface area contributed by atoms with E-state index in [9.17, 15) is 19.7 Å². The van der Waals surface area contributed by atoms with E-state index in [0.29, 0.717) is 5.75 Å². The number of nitrogens with zero attached hydrogens (tertiary/aromatic N) is 2. The van der Waals surface area contributed by atoms with Gasteiger partial charge in [-0.2, -0.15) is 5.10 Å². The molecule has 2 amide bonds. The number of amides is 2. The zero-order chi connectivity index (χ0) is 18.8. The number of rotatable bonds is 8. The molecule has 0 saturated carbocycles. The molecule has 0 bridgehead atoms. The van der Waals surface area contributed by atoms with Gasteiger partial charge in [-0.15, -0.1) is 0 Å². The number of nitrogens with one attached hydrogen (secondary N) is 2. The van der Waals surface area contributed by atoms with Crippen LogP contribution in [0.25, 0.3) is 0 Å². The molecule has 0 aliphatic heterocycles. The summed E-state index contributed by atoms with van der Waals surface area (Å²) in [4.78, 5) is 33.5. The van der Waals surface area contributed by atoms with E-state index >= 15 is 0 Å². The fraction of sp³-hybridized carbons (Fsp3) is 0.118. The van der Waals surface area contributed by atoms with Crippen molar-refractivity contribution in [2.45, 2.75) is 0 Å². The van der Waals surface area contributed by atoms with E-state index < -0.39 is 16.7 Å². The molecule has 0 saturated heterocycles. The molecule has 26 heavy (non-hydrogen) atoms. The highest BCUT2D eigenvalue weighted by Gasteiger charge is 2.10. The van der Waals surface area contributed by atoms with Crippen molar-refractivity contribution in [2.75, 3.05) is 13.2 Å². The van der Waals surface area contributed by atoms with Gasteiger partial charge in [0.05, 0.1) is 23.2 Å². The summed E-state index contributed by atoms with van der Waals surface area (Å²) < 4.78 is 5.24. The lowest BCUT2D eigenvalue weighted by Crippen LogP contribution is -2.37. The molecular formula is C17H16N4O5. The molecule has 134 valence electrons. The highest BCUT2D eigenvalue weighted by atomic mass is 16.6. The lowest BCUT2D eigenvalue weighted by Gasteiger charge is -2.06. The number of para-hydroxylation sites is 2. The maximum absolute atomic E-state index is 11.6. The third-order valence-electron chi connectivity index (χ3n) is 3.09. The van der Waals surface area contributed by atoms with E-state index in [4.69, 9.17) is 4.74 Å². The summed E-state index contributed by atoms with van der Waals surface area (Å²) >= 11 is 0. The van der Waals surface area contributed by atoms with E-state index in [-0.39, 0.29) is 24.4 Å². The number of nitro benzene ring substituents is 1. The third-order valence-corrected chi connectivity index (χ3v) is 3.09. The molecule has 2 N–H and O–H groups in total. The first-order valence-electron chi connectivity index (χ1n) is 7.56. The number of ether oxygens (including phenoxy) is 1. The lowest BCUT2D eigenvalue weighted by molar-refractivity contribution is -0.385. The first kappa shape index (κ1) is 18.6. The summed E-state index contributed by atoms with van der Waals surface area (Å²) in [5, 5.41) is 16.9. The van der Waals surface area contributed by atoms with Gasteiger partial charge >= 0.3 is 0 Å². The van der Waals surface area contributed by atoms with Gasteiger partial charge in [0, 0.05) is 6.07 Å². The van der Waals surface area contributed by atoms with Gasteiger partial charge in [-0.05, 0) is 18.2 Å². The second-order valence-corrected chi connectivity index (χ2v) is 4.99. The van der Waals surface area contributed by atoms with Gasteiger partial charge in [0.15, 0.2) is 6.61 Å². The van der Waals surface area contributed by atoms with E-state index in [1.165, 1.54) is 18.2 Å². The highest BCUT2D eigenvalue weighted by Crippen LogP contribution is 2.14. The van der Waals surface area contributed by atoms with Crippen molar-refractivity contribution >= 4 is 23.7 Å². The highest BCUT2D eigenvalue weighted by molar-refractivity contribution is 5.88. The Morgan fingerprint density at radius 3 is 2.50 bits per heavy atom. The molecule has 0 unspecified atom stereocenters. The van der Waals surface area contributed by atoms with Gasteiger partial charge in [0.25, 0.3) is 17.5 Å². The quantitative estimate of drug-likeness (QED) is 0.418. The van der Waals surface area contributed by atoms with Gasteiger partial charge < -0.3 is 10.1 Å². The summed E-state index contributed by atoms with van der Waals surface area (Å²) in [6.07, 6.45) is 1.16. The van der Waals surface area contributed by atoms with Gasteiger partial charge in [-0.1, -0.05) is 30.3 Å². The van der Waals surface area contributed by atoms with Crippen LogP contribution < -0.4 is 15.5 Å². The maximum Gasteiger partial charge on any atom is 0.278 e. The van der Waals surface area contributed by atoms with Crippen LogP contribution in [0.3, 0.4) is 0 Å². The van der Waals surface area contributed by atoms with Crippen LogP contribution in [0.15, 0.2) is 59.7 Å². The Bertz CT molecular complexity index is 808. The van der Waals surface area contributed by atoms with Crippen molar-refractivity contribution in [3.63, 3.8) is 0 Å². The zero-order valence-electron chi connectivity index (χ0n) is 13.6. The van der Waals surface area contributed by atoms with Crippen LogP contribution in [0.1, 0.15) is 5.56 Å². The summed E-state index contributed by atoms with van der Waals surface area (Å²) in [5.74, 6) is -0.499. The predicted molar refractivity (Wildman–Crippen MR) is 93.8 cm³/mol. The predicted octanol–water partition coefficient (Wildman–Crippen LogP) is 1.24. The fourth-order valence-corrected chi connectivity index (χ4v) is 1.87. The smallest absolute Gasteiger partial charge is 0.278 e. The van der Waals surface area contributed by atoms with Crippen LogP contribution in [0.2, 0.25) is 0 Å². The minimum atomic E-state index is -0.576. The topological polar surface area (TPSA) is 123 Å². The minimum absolute atomic E-state index is 0.128. The molecule has 9 heteroatoms. The Morgan fingerprint density at radius 2 is 1.77 bits per heavy atom. The summed E-state index contributed by atoms with van der Waals surface area (Å²) in [6.45, 7) is -0.526. The maximum atomic E-state index is 11.6. The molecule has 0 aliphatic carbocycles. The first-order chi connectivity index (χ1) is 12.6. The molecule has 2 aromatic carbocycles. The molecule has 2 rings (SSSR count). The number of carbonyl (C=O) groups excluding carboxylic acids is 2. The van der Waals surface area contributed by atoms with Crippen molar-refractivity contribution in [3.05, 3.63) is 70.3 Å². The number of hydrogen-bond acceptors (Lipinski definition) is 6. The third kappa shape index (κ3) is 6.04. The van der Waals surface area contributed by atoms with Crippen LogP contribution in [0, 0.1) is 10.1 Å². The van der Waals surface area contributed by atoms with Crippen molar-refractivity contribution in [2.24, 2.45) is 5.10 Å². The van der Waals surface area contributed by atoms with Crippen molar-refractivity contribution < 1.29 is 19.2 Å².